The Morgan fingerprint density at radius 2 is 1.67 bits per heavy atom. The van der Waals surface area contributed by atoms with Gasteiger partial charge >= 0.3 is 0 Å². The molecule has 0 atom stereocenters. The van der Waals surface area contributed by atoms with Crippen LogP contribution in [0.2, 0.25) is 0 Å². The van der Waals surface area contributed by atoms with E-state index in [1.165, 1.54) is 24.8 Å². The maximum Gasteiger partial charge on any atom is 0.251 e. The highest BCUT2D eigenvalue weighted by atomic mass is 127. The van der Waals surface area contributed by atoms with Crippen LogP contribution in [0.15, 0.2) is 59.6 Å². The van der Waals surface area contributed by atoms with Gasteiger partial charge in [-0.15, -0.1) is 24.0 Å². The lowest BCUT2D eigenvalue weighted by molar-refractivity contribution is 0.0956. The number of piperidine rings is 1. The van der Waals surface area contributed by atoms with Gasteiger partial charge in [0.15, 0.2) is 5.96 Å². The normalized spacial score (nSPS) is 14.7. The largest absolute Gasteiger partial charge is 0.352 e. The number of aliphatic imine (C=N–C) groups is 1. The standard InChI is InChI=1S/C24H32N4O.HI/c1-3-26-23(29)22-11-9-21(10-12-22)18-27-24(25-2)28-15-13-20(14-16-28)17-19-7-5-4-6-8-19;/h4-12,20H,3,13-18H2,1-2H3,(H,25,27)(H,26,29);1H. The Hall–Kier alpha value is -2.09. The lowest BCUT2D eigenvalue weighted by Gasteiger charge is -2.34. The summed E-state index contributed by atoms with van der Waals surface area (Å²) in [5.74, 6) is 1.67. The highest BCUT2D eigenvalue weighted by Crippen LogP contribution is 2.21. The Bertz CT molecular complexity index is 800. The first-order valence-electron chi connectivity index (χ1n) is 10.6. The fraction of sp³-hybridized carbons (Fsp3) is 0.417. The van der Waals surface area contributed by atoms with Gasteiger partial charge in [-0.25, -0.2) is 0 Å². The summed E-state index contributed by atoms with van der Waals surface area (Å²) in [6.45, 7) is 5.33. The van der Waals surface area contributed by atoms with E-state index in [4.69, 9.17) is 0 Å². The Balaban J connectivity index is 0.00000320. The van der Waals surface area contributed by atoms with Crippen molar-refractivity contribution in [2.45, 2.75) is 32.7 Å². The van der Waals surface area contributed by atoms with Crippen LogP contribution in [0.5, 0.6) is 0 Å². The minimum absolute atomic E-state index is 0. The van der Waals surface area contributed by atoms with Gasteiger partial charge in [-0.05, 0) is 55.4 Å². The minimum atomic E-state index is -0.0267. The fourth-order valence-corrected chi connectivity index (χ4v) is 3.85. The third kappa shape index (κ3) is 7.00. The number of guanidine groups is 1. The summed E-state index contributed by atoms with van der Waals surface area (Å²) < 4.78 is 0. The Labute approximate surface area is 197 Å². The molecule has 1 aliphatic heterocycles. The Morgan fingerprint density at radius 1 is 1.00 bits per heavy atom. The fourth-order valence-electron chi connectivity index (χ4n) is 3.85. The number of hydrogen-bond acceptors (Lipinski definition) is 2. The maximum atomic E-state index is 11.9. The quantitative estimate of drug-likeness (QED) is 0.343. The molecular formula is C24H33IN4O. The molecule has 30 heavy (non-hydrogen) atoms. The van der Waals surface area contributed by atoms with Crippen LogP contribution in [0.1, 0.15) is 41.3 Å². The summed E-state index contributed by atoms with van der Waals surface area (Å²) in [6.07, 6.45) is 3.55. The van der Waals surface area contributed by atoms with Crippen LogP contribution in [0.4, 0.5) is 0 Å². The van der Waals surface area contributed by atoms with E-state index in [2.05, 4.69) is 50.9 Å². The van der Waals surface area contributed by atoms with Gasteiger partial charge in [0.2, 0.25) is 0 Å². The van der Waals surface area contributed by atoms with Crippen LogP contribution in [-0.4, -0.2) is 43.4 Å². The highest BCUT2D eigenvalue weighted by Gasteiger charge is 2.21. The summed E-state index contributed by atoms with van der Waals surface area (Å²) in [6, 6.07) is 18.5. The molecule has 5 nitrogen and oxygen atoms in total. The predicted molar refractivity (Wildman–Crippen MR) is 135 cm³/mol. The van der Waals surface area contributed by atoms with Crippen molar-refractivity contribution in [3.63, 3.8) is 0 Å². The number of nitrogens with zero attached hydrogens (tertiary/aromatic N) is 2. The number of benzene rings is 2. The molecule has 1 fully saturated rings. The average Bonchev–Trinajstić information content (AvgIpc) is 2.76. The molecule has 0 aliphatic carbocycles. The zero-order valence-electron chi connectivity index (χ0n) is 17.9. The van der Waals surface area contributed by atoms with E-state index in [-0.39, 0.29) is 29.9 Å². The van der Waals surface area contributed by atoms with E-state index < -0.39 is 0 Å². The smallest absolute Gasteiger partial charge is 0.251 e. The van der Waals surface area contributed by atoms with Crippen LogP contribution >= 0.6 is 24.0 Å². The van der Waals surface area contributed by atoms with E-state index >= 15 is 0 Å². The van der Waals surface area contributed by atoms with Crippen molar-refractivity contribution < 1.29 is 4.79 Å². The molecule has 1 amide bonds. The highest BCUT2D eigenvalue weighted by molar-refractivity contribution is 14.0. The lowest BCUT2D eigenvalue weighted by atomic mass is 9.90. The lowest BCUT2D eigenvalue weighted by Crippen LogP contribution is -2.45. The van der Waals surface area contributed by atoms with Gasteiger partial charge in [-0.3, -0.25) is 9.79 Å². The third-order valence-corrected chi connectivity index (χ3v) is 5.50. The Morgan fingerprint density at radius 3 is 2.27 bits per heavy atom. The monoisotopic (exact) mass is 520 g/mol. The van der Waals surface area contributed by atoms with Crippen molar-refractivity contribution in [1.82, 2.24) is 15.5 Å². The molecule has 0 bridgehead atoms. The number of amides is 1. The molecule has 0 aromatic heterocycles. The number of carbonyl (C=O) groups is 1. The summed E-state index contributed by atoms with van der Waals surface area (Å²) in [5.41, 5.74) is 3.27. The molecular weight excluding hydrogens is 487 g/mol. The van der Waals surface area contributed by atoms with Crippen molar-refractivity contribution in [3.05, 3.63) is 71.3 Å². The molecule has 1 aliphatic rings. The van der Waals surface area contributed by atoms with E-state index in [1.54, 1.807) is 0 Å². The Kier molecular flexibility index (Phi) is 10.1. The van der Waals surface area contributed by atoms with Gasteiger partial charge in [0.1, 0.15) is 0 Å². The molecule has 0 saturated carbocycles. The van der Waals surface area contributed by atoms with Crippen LogP contribution in [0.25, 0.3) is 0 Å². The van der Waals surface area contributed by atoms with Crippen LogP contribution in [0, 0.1) is 5.92 Å². The van der Waals surface area contributed by atoms with Crippen molar-refractivity contribution in [3.8, 4) is 0 Å². The molecule has 1 heterocycles. The molecule has 162 valence electrons. The molecule has 0 unspecified atom stereocenters. The van der Waals surface area contributed by atoms with Crippen molar-refractivity contribution in [2.75, 3.05) is 26.7 Å². The second-order valence-corrected chi connectivity index (χ2v) is 7.58. The number of carbonyl (C=O) groups excluding carboxylic acids is 1. The van der Waals surface area contributed by atoms with Crippen LogP contribution < -0.4 is 10.6 Å². The van der Waals surface area contributed by atoms with Crippen molar-refractivity contribution in [2.24, 2.45) is 10.9 Å². The molecule has 2 aromatic carbocycles. The maximum absolute atomic E-state index is 11.9. The SMILES string of the molecule is CCNC(=O)c1ccc(CNC(=NC)N2CCC(Cc3ccccc3)CC2)cc1.I. The number of likely N-dealkylation sites (tertiary alicyclic amines) is 1. The van der Waals surface area contributed by atoms with E-state index in [0.717, 1.165) is 30.5 Å². The van der Waals surface area contributed by atoms with E-state index in [9.17, 15) is 4.79 Å². The molecule has 2 N–H and O–H groups in total. The van der Waals surface area contributed by atoms with Gasteiger partial charge in [0.25, 0.3) is 5.91 Å². The van der Waals surface area contributed by atoms with E-state index in [1.807, 2.05) is 38.2 Å². The van der Waals surface area contributed by atoms with Gasteiger partial charge in [0.05, 0.1) is 0 Å². The van der Waals surface area contributed by atoms with Gasteiger partial charge in [0, 0.05) is 38.8 Å². The first-order valence-corrected chi connectivity index (χ1v) is 10.6. The van der Waals surface area contributed by atoms with Gasteiger partial charge in [-0.1, -0.05) is 42.5 Å². The van der Waals surface area contributed by atoms with Crippen molar-refractivity contribution >= 4 is 35.8 Å². The third-order valence-electron chi connectivity index (χ3n) is 5.50. The van der Waals surface area contributed by atoms with Crippen LogP contribution in [0.3, 0.4) is 0 Å². The summed E-state index contributed by atoms with van der Waals surface area (Å²) in [5, 5.41) is 6.29. The zero-order chi connectivity index (χ0) is 20.5. The summed E-state index contributed by atoms with van der Waals surface area (Å²) >= 11 is 0. The molecule has 6 heteroatoms. The van der Waals surface area contributed by atoms with Crippen LogP contribution in [-0.2, 0) is 13.0 Å². The molecule has 0 spiro atoms. The molecule has 1 saturated heterocycles. The van der Waals surface area contributed by atoms with Crippen molar-refractivity contribution in [1.29, 1.82) is 0 Å². The summed E-state index contributed by atoms with van der Waals surface area (Å²) in [4.78, 5) is 18.7. The summed E-state index contributed by atoms with van der Waals surface area (Å²) in [7, 11) is 1.84. The number of halogens is 1. The minimum Gasteiger partial charge on any atom is -0.352 e. The molecule has 3 rings (SSSR count). The number of rotatable bonds is 6. The number of nitrogens with one attached hydrogen (secondary N) is 2. The predicted octanol–water partition coefficient (Wildman–Crippen LogP) is 4.08. The van der Waals surface area contributed by atoms with E-state index in [0.29, 0.717) is 18.7 Å². The molecule has 0 radical (unpaired) electrons. The second kappa shape index (κ2) is 12.6. The topological polar surface area (TPSA) is 56.7 Å². The average molecular weight is 520 g/mol. The number of hydrogen-bond donors (Lipinski definition) is 2. The first-order chi connectivity index (χ1) is 14.2. The van der Waals surface area contributed by atoms with Gasteiger partial charge in [-0.2, -0.15) is 0 Å². The molecule has 2 aromatic rings. The zero-order valence-corrected chi connectivity index (χ0v) is 20.3. The second-order valence-electron chi connectivity index (χ2n) is 7.58. The van der Waals surface area contributed by atoms with Gasteiger partial charge < -0.3 is 15.5 Å². The first kappa shape index (κ1) is 24.2.